The zero-order chi connectivity index (χ0) is 17.0. The number of esters is 1. The number of rotatable bonds is 5. The Kier molecular flexibility index (Phi) is 3.87. The summed E-state index contributed by atoms with van der Waals surface area (Å²) in [6, 6.07) is 0. The molecule has 0 aromatic heterocycles. The Labute approximate surface area is 146 Å². The van der Waals surface area contributed by atoms with Crippen LogP contribution in [0.25, 0.3) is 0 Å². The van der Waals surface area contributed by atoms with E-state index in [-0.39, 0.29) is 22.8 Å². The van der Waals surface area contributed by atoms with Gasteiger partial charge in [0.05, 0.1) is 11.2 Å². The Hall–Kier alpha value is -0.830. The van der Waals surface area contributed by atoms with E-state index in [2.05, 4.69) is 20.4 Å². The van der Waals surface area contributed by atoms with Crippen molar-refractivity contribution in [3.05, 3.63) is 12.7 Å². The van der Waals surface area contributed by atoms with Crippen LogP contribution >= 0.6 is 0 Å². The zero-order valence-corrected chi connectivity index (χ0v) is 15.3. The molecule has 0 heterocycles. The average Bonchev–Trinajstić information content (AvgIpc) is 2.98. The second-order valence-electron chi connectivity index (χ2n) is 9.64. The molecule has 24 heavy (non-hydrogen) atoms. The fraction of sp³-hybridized carbons (Fsp3) is 0.857. The zero-order valence-electron chi connectivity index (χ0n) is 15.3. The normalized spacial score (nSPS) is 41.6. The van der Waals surface area contributed by atoms with E-state index in [1.165, 1.54) is 38.2 Å². The molecule has 0 aliphatic heterocycles. The van der Waals surface area contributed by atoms with Crippen LogP contribution in [-0.4, -0.2) is 22.8 Å². The number of carbonyl (C=O) groups excluding carboxylic acids is 1. The van der Waals surface area contributed by atoms with E-state index < -0.39 is 0 Å². The molecule has 0 spiro atoms. The molecule has 3 heteroatoms. The van der Waals surface area contributed by atoms with Crippen LogP contribution in [0, 0.1) is 17.8 Å². The van der Waals surface area contributed by atoms with Gasteiger partial charge in [-0.15, -0.1) is 0 Å². The molecular formula is C21H32O3. The lowest BCUT2D eigenvalue weighted by atomic mass is 9.52. The topological polar surface area (TPSA) is 35.5 Å². The quantitative estimate of drug-likeness (QED) is 0.536. The highest BCUT2D eigenvalue weighted by molar-refractivity contribution is 5.81. The van der Waals surface area contributed by atoms with E-state index in [9.17, 15) is 4.79 Å². The fourth-order valence-corrected chi connectivity index (χ4v) is 6.85. The maximum atomic E-state index is 11.9. The third-order valence-corrected chi connectivity index (χ3v) is 7.26. The summed E-state index contributed by atoms with van der Waals surface area (Å²) < 4.78 is 12.9. The van der Waals surface area contributed by atoms with Crippen LogP contribution in [0.1, 0.15) is 78.1 Å². The highest BCUT2D eigenvalue weighted by atomic mass is 16.6. The second-order valence-corrected chi connectivity index (χ2v) is 9.64. The largest absolute Gasteiger partial charge is 0.456 e. The summed E-state index contributed by atoms with van der Waals surface area (Å²) in [5.74, 6) is 1.73. The SMILES string of the molecule is C=CC(=O)OC12CC3CC(C1)CC(OC(C)(C)C1CCCC1)(C3)C2. The molecule has 4 bridgehead atoms. The lowest BCUT2D eigenvalue weighted by Crippen LogP contribution is -2.63. The summed E-state index contributed by atoms with van der Waals surface area (Å²) in [6.07, 6.45) is 13.2. The molecule has 0 saturated heterocycles. The van der Waals surface area contributed by atoms with Gasteiger partial charge in [0.15, 0.2) is 0 Å². The van der Waals surface area contributed by atoms with Crippen molar-refractivity contribution < 1.29 is 14.3 Å². The second kappa shape index (κ2) is 5.59. The summed E-state index contributed by atoms with van der Waals surface area (Å²) in [5.41, 5.74) is -0.426. The van der Waals surface area contributed by atoms with Crippen molar-refractivity contribution in [2.24, 2.45) is 17.8 Å². The first-order valence-corrected chi connectivity index (χ1v) is 9.89. The summed E-state index contributed by atoms with van der Waals surface area (Å²) in [7, 11) is 0. The minimum Gasteiger partial charge on any atom is -0.456 e. The van der Waals surface area contributed by atoms with Gasteiger partial charge in [0.1, 0.15) is 5.60 Å². The predicted molar refractivity (Wildman–Crippen MR) is 93.6 cm³/mol. The average molecular weight is 332 g/mol. The van der Waals surface area contributed by atoms with Gasteiger partial charge in [0.2, 0.25) is 0 Å². The smallest absolute Gasteiger partial charge is 0.330 e. The molecule has 0 amide bonds. The third kappa shape index (κ3) is 2.83. The highest BCUT2D eigenvalue weighted by Crippen LogP contribution is 2.61. The lowest BCUT2D eigenvalue weighted by molar-refractivity contribution is -0.266. The van der Waals surface area contributed by atoms with Crippen LogP contribution in [0.4, 0.5) is 0 Å². The first kappa shape index (κ1) is 16.6. The minimum atomic E-state index is -0.291. The van der Waals surface area contributed by atoms with E-state index in [4.69, 9.17) is 9.47 Å². The minimum absolute atomic E-state index is 0.0637. The maximum absolute atomic E-state index is 11.9. The Balaban J connectivity index is 1.56. The third-order valence-electron chi connectivity index (χ3n) is 7.26. The van der Waals surface area contributed by atoms with Gasteiger partial charge in [0, 0.05) is 12.5 Å². The van der Waals surface area contributed by atoms with Crippen molar-refractivity contribution in [2.45, 2.75) is 94.9 Å². The van der Waals surface area contributed by atoms with Gasteiger partial charge in [-0.1, -0.05) is 19.4 Å². The molecule has 5 rings (SSSR count). The van der Waals surface area contributed by atoms with E-state index in [0.29, 0.717) is 17.8 Å². The van der Waals surface area contributed by atoms with Gasteiger partial charge in [-0.25, -0.2) is 4.79 Å². The van der Waals surface area contributed by atoms with Gasteiger partial charge in [-0.05, 0) is 76.5 Å². The molecule has 0 radical (unpaired) electrons. The van der Waals surface area contributed by atoms with Crippen LogP contribution in [0.3, 0.4) is 0 Å². The van der Waals surface area contributed by atoms with Crippen LogP contribution < -0.4 is 0 Å². The molecule has 5 saturated carbocycles. The molecule has 3 nitrogen and oxygen atoms in total. The molecule has 2 unspecified atom stereocenters. The van der Waals surface area contributed by atoms with Crippen molar-refractivity contribution in [3.63, 3.8) is 0 Å². The van der Waals surface area contributed by atoms with Gasteiger partial charge in [-0.3, -0.25) is 0 Å². The molecule has 5 aliphatic rings. The summed E-state index contributed by atoms with van der Waals surface area (Å²) >= 11 is 0. The maximum Gasteiger partial charge on any atom is 0.330 e. The van der Waals surface area contributed by atoms with E-state index in [0.717, 1.165) is 32.1 Å². The molecule has 2 atom stereocenters. The number of hydrogen-bond acceptors (Lipinski definition) is 3. The fourth-order valence-electron chi connectivity index (χ4n) is 6.85. The molecule has 5 fully saturated rings. The highest BCUT2D eigenvalue weighted by Gasteiger charge is 2.61. The Bertz CT molecular complexity index is 515. The van der Waals surface area contributed by atoms with Crippen LogP contribution in [0.5, 0.6) is 0 Å². The summed E-state index contributed by atoms with van der Waals surface area (Å²) in [6.45, 7) is 8.17. The predicted octanol–water partition coefficient (Wildman–Crippen LogP) is 4.79. The van der Waals surface area contributed by atoms with E-state index in [1.807, 2.05) is 0 Å². The Morgan fingerprint density at radius 3 is 2.25 bits per heavy atom. The summed E-state index contributed by atoms with van der Waals surface area (Å²) in [4.78, 5) is 11.9. The van der Waals surface area contributed by atoms with Crippen LogP contribution in [0.2, 0.25) is 0 Å². The van der Waals surface area contributed by atoms with Crippen LogP contribution in [0.15, 0.2) is 12.7 Å². The number of ether oxygens (including phenoxy) is 2. The van der Waals surface area contributed by atoms with E-state index in [1.54, 1.807) is 0 Å². The van der Waals surface area contributed by atoms with Crippen molar-refractivity contribution in [1.82, 2.24) is 0 Å². The molecule has 0 aromatic carbocycles. The Morgan fingerprint density at radius 1 is 1.08 bits per heavy atom. The molecule has 0 aromatic rings. The molecule has 5 aliphatic carbocycles. The molecule has 0 N–H and O–H groups in total. The lowest BCUT2D eigenvalue weighted by Gasteiger charge is -2.62. The first-order valence-electron chi connectivity index (χ1n) is 9.89. The monoisotopic (exact) mass is 332 g/mol. The number of hydrogen-bond donors (Lipinski definition) is 0. The Morgan fingerprint density at radius 2 is 1.67 bits per heavy atom. The first-order chi connectivity index (χ1) is 11.3. The van der Waals surface area contributed by atoms with Crippen molar-refractivity contribution in [2.75, 3.05) is 0 Å². The summed E-state index contributed by atoms with van der Waals surface area (Å²) in [5, 5.41) is 0. The van der Waals surface area contributed by atoms with Crippen molar-refractivity contribution >= 4 is 5.97 Å². The number of carbonyl (C=O) groups is 1. The standard InChI is InChI=1S/C21H32O3/c1-4-18(22)23-20-10-15-9-16(11-20)13-21(12-15,14-20)24-19(2,3)17-7-5-6-8-17/h4,15-17H,1,5-14H2,2-3H3. The van der Waals surface area contributed by atoms with Crippen LogP contribution in [-0.2, 0) is 14.3 Å². The van der Waals surface area contributed by atoms with E-state index >= 15 is 0 Å². The molecular weight excluding hydrogens is 300 g/mol. The van der Waals surface area contributed by atoms with Gasteiger partial charge in [-0.2, -0.15) is 0 Å². The van der Waals surface area contributed by atoms with Crippen molar-refractivity contribution in [3.8, 4) is 0 Å². The van der Waals surface area contributed by atoms with Gasteiger partial charge >= 0.3 is 5.97 Å². The van der Waals surface area contributed by atoms with Gasteiger partial charge in [0.25, 0.3) is 0 Å². The molecule has 134 valence electrons. The van der Waals surface area contributed by atoms with Gasteiger partial charge < -0.3 is 9.47 Å². The van der Waals surface area contributed by atoms with Crippen molar-refractivity contribution in [1.29, 1.82) is 0 Å².